The van der Waals surface area contributed by atoms with E-state index in [1.807, 2.05) is 12.1 Å². The van der Waals surface area contributed by atoms with Crippen molar-refractivity contribution in [1.82, 2.24) is 4.98 Å². The van der Waals surface area contributed by atoms with Gasteiger partial charge in [-0.1, -0.05) is 18.2 Å². The number of hydrogen-bond acceptors (Lipinski definition) is 3. The van der Waals surface area contributed by atoms with Crippen molar-refractivity contribution < 1.29 is 12.8 Å². The van der Waals surface area contributed by atoms with Gasteiger partial charge in [0.05, 0.1) is 5.69 Å². The Kier molecular flexibility index (Phi) is 3.63. The number of rotatable bonds is 2. The zero-order valence-electron chi connectivity index (χ0n) is 11.4. The van der Waals surface area contributed by atoms with Crippen LogP contribution in [-0.4, -0.2) is 19.9 Å². The van der Waals surface area contributed by atoms with Crippen molar-refractivity contribution in [3.8, 4) is 0 Å². The Hall–Kier alpha value is -1.95. The molecule has 0 saturated heterocycles. The van der Waals surface area contributed by atoms with Crippen molar-refractivity contribution in [2.75, 3.05) is 10.8 Å². The number of hydrogen-bond donors (Lipinski definition) is 0. The maximum absolute atomic E-state index is 13.8. The van der Waals surface area contributed by atoms with Crippen LogP contribution in [0.2, 0.25) is 0 Å². The standard InChI is InChI=1S/C15H15FN2O2S/c16-13-8-5-10-17-15(13)21(19,20)18-11-4-3-7-12-6-1-2-9-14(12)18/h1-2,5-6,8-10H,3-4,7,11H2. The summed E-state index contributed by atoms with van der Waals surface area (Å²) in [5.74, 6) is -0.820. The first-order valence-electron chi connectivity index (χ1n) is 6.82. The summed E-state index contributed by atoms with van der Waals surface area (Å²) in [6.07, 6.45) is 3.77. The van der Waals surface area contributed by atoms with E-state index in [4.69, 9.17) is 0 Å². The second-order valence-corrected chi connectivity index (χ2v) is 6.73. The fourth-order valence-corrected chi connectivity index (χ4v) is 4.10. The van der Waals surface area contributed by atoms with Crippen molar-refractivity contribution in [1.29, 1.82) is 0 Å². The summed E-state index contributed by atoms with van der Waals surface area (Å²) >= 11 is 0. The molecule has 0 radical (unpaired) electrons. The molecule has 4 nitrogen and oxygen atoms in total. The Morgan fingerprint density at radius 2 is 1.90 bits per heavy atom. The molecule has 1 aromatic carbocycles. The van der Waals surface area contributed by atoms with Gasteiger partial charge >= 0.3 is 0 Å². The average Bonchev–Trinajstić information content (AvgIpc) is 2.70. The molecule has 110 valence electrons. The minimum absolute atomic E-state index is 0.343. The number of para-hydroxylation sites is 1. The van der Waals surface area contributed by atoms with Gasteiger partial charge in [-0.25, -0.2) is 9.37 Å². The maximum Gasteiger partial charge on any atom is 0.284 e. The third-order valence-electron chi connectivity index (χ3n) is 3.58. The molecule has 0 spiro atoms. The molecule has 2 heterocycles. The van der Waals surface area contributed by atoms with Crippen LogP contribution >= 0.6 is 0 Å². The van der Waals surface area contributed by atoms with Gasteiger partial charge in [-0.2, -0.15) is 8.42 Å². The van der Waals surface area contributed by atoms with Crippen LogP contribution in [0.5, 0.6) is 0 Å². The van der Waals surface area contributed by atoms with Crippen LogP contribution in [-0.2, 0) is 16.4 Å². The molecule has 0 fully saturated rings. The van der Waals surface area contributed by atoms with Crippen LogP contribution in [0.15, 0.2) is 47.6 Å². The zero-order valence-corrected chi connectivity index (χ0v) is 12.2. The molecule has 1 aliphatic rings. The minimum atomic E-state index is -3.98. The zero-order chi connectivity index (χ0) is 14.9. The Morgan fingerprint density at radius 1 is 1.10 bits per heavy atom. The summed E-state index contributed by atoms with van der Waals surface area (Å²) in [7, 11) is -3.98. The van der Waals surface area contributed by atoms with Crippen LogP contribution in [0.25, 0.3) is 0 Å². The summed E-state index contributed by atoms with van der Waals surface area (Å²) < 4.78 is 40.6. The van der Waals surface area contributed by atoms with Gasteiger partial charge in [-0.05, 0) is 43.0 Å². The summed E-state index contributed by atoms with van der Waals surface area (Å²) in [5, 5.41) is -0.512. The second kappa shape index (κ2) is 5.44. The summed E-state index contributed by atoms with van der Waals surface area (Å²) in [5.41, 5.74) is 1.59. The number of aromatic nitrogens is 1. The number of anilines is 1. The SMILES string of the molecule is O=S(=O)(c1ncccc1F)N1CCCCc2ccccc21. The van der Waals surface area contributed by atoms with E-state index in [-0.39, 0.29) is 0 Å². The molecule has 1 aromatic heterocycles. The largest absolute Gasteiger partial charge is 0.284 e. The molecular weight excluding hydrogens is 291 g/mol. The molecule has 0 aliphatic carbocycles. The summed E-state index contributed by atoms with van der Waals surface area (Å²) in [6, 6.07) is 9.85. The Morgan fingerprint density at radius 3 is 2.71 bits per heavy atom. The average molecular weight is 306 g/mol. The lowest BCUT2D eigenvalue weighted by Crippen LogP contribution is -2.33. The van der Waals surface area contributed by atoms with Gasteiger partial charge in [0.25, 0.3) is 10.0 Å². The lowest BCUT2D eigenvalue weighted by Gasteiger charge is -2.24. The van der Waals surface area contributed by atoms with Gasteiger partial charge in [0.1, 0.15) is 0 Å². The normalized spacial score (nSPS) is 15.4. The number of aryl methyl sites for hydroxylation is 1. The molecule has 0 amide bonds. The number of nitrogens with zero attached hydrogens (tertiary/aromatic N) is 2. The Labute approximate surface area is 123 Å². The topological polar surface area (TPSA) is 50.3 Å². The van der Waals surface area contributed by atoms with E-state index >= 15 is 0 Å². The predicted octanol–water partition coefficient (Wildman–Crippen LogP) is 2.75. The van der Waals surface area contributed by atoms with E-state index in [1.54, 1.807) is 12.1 Å². The van der Waals surface area contributed by atoms with E-state index in [9.17, 15) is 12.8 Å². The number of halogens is 1. The first-order chi connectivity index (χ1) is 10.1. The lowest BCUT2D eigenvalue weighted by atomic mass is 10.1. The molecule has 21 heavy (non-hydrogen) atoms. The van der Waals surface area contributed by atoms with Crippen LogP contribution in [0.3, 0.4) is 0 Å². The number of sulfonamides is 1. The summed E-state index contributed by atoms with van der Waals surface area (Å²) in [6.45, 7) is 0.343. The lowest BCUT2D eigenvalue weighted by molar-refractivity contribution is 0.550. The third-order valence-corrected chi connectivity index (χ3v) is 5.33. The highest BCUT2D eigenvalue weighted by atomic mass is 32.2. The number of pyridine rings is 1. The first kappa shape index (κ1) is 14.0. The van der Waals surface area contributed by atoms with E-state index in [0.717, 1.165) is 30.9 Å². The van der Waals surface area contributed by atoms with Crippen molar-refractivity contribution in [2.45, 2.75) is 24.3 Å². The second-order valence-electron chi connectivity index (χ2n) is 4.95. The van der Waals surface area contributed by atoms with Crippen LogP contribution in [0.1, 0.15) is 18.4 Å². The quantitative estimate of drug-likeness (QED) is 0.857. The highest BCUT2D eigenvalue weighted by Crippen LogP contribution is 2.31. The van der Waals surface area contributed by atoms with E-state index < -0.39 is 20.9 Å². The van der Waals surface area contributed by atoms with Crippen LogP contribution < -0.4 is 4.31 Å². The fourth-order valence-electron chi connectivity index (χ4n) is 2.57. The molecule has 0 unspecified atom stereocenters. The van der Waals surface area contributed by atoms with Crippen LogP contribution in [0.4, 0.5) is 10.1 Å². The number of fused-ring (bicyclic) bond motifs is 1. The van der Waals surface area contributed by atoms with Gasteiger partial charge in [0, 0.05) is 12.7 Å². The Bertz CT molecular complexity index is 762. The van der Waals surface area contributed by atoms with Gasteiger partial charge in [0.2, 0.25) is 5.03 Å². The molecule has 0 atom stereocenters. The highest BCUT2D eigenvalue weighted by molar-refractivity contribution is 7.92. The third kappa shape index (κ3) is 2.51. The number of benzene rings is 1. The molecule has 2 aromatic rings. The Balaban J connectivity index is 2.13. The van der Waals surface area contributed by atoms with Gasteiger partial charge in [-0.3, -0.25) is 4.31 Å². The van der Waals surface area contributed by atoms with Crippen molar-refractivity contribution >= 4 is 15.7 Å². The van der Waals surface area contributed by atoms with Crippen LogP contribution in [0, 0.1) is 5.82 Å². The monoisotopic (exact) mass is 306 g/mol. The molecule has 0 saturated carbocycles. The predicted molar refractivity (Wildman–Crippen MR) is 78.1 cm³/mol. The molecule has 0 N–H and O–H groups in total. The smallest absolute Gasteiger partial charge is 0.265 e. The fraction of sp³-hybridized carbons (Fsp3) is 0.267. The molecule has 6 heteroatoms. The van der Waals surface area contributed by atoms with E-state index in [2.05, 4.69) is 4.98 Å². The molecule has 3 rings (SSSR count). The van der Waals surface area contributed by atoms with Crippen molar-refractivity contribution in [3.05, 3.63) is 54.0 Å². The highest BCUT2D eigenvalue weighted by Gasteiger charge is 2.31. The van der Waals surface area contributed by atoms with Gasteiger partial charge < -0.3 is 0 Å². The molecule has 0 bridgehead atoms. The molecular formula is C15H15FN2O2S. The summed E-state index contributed by atoms with van der Waals surface area (Å²) in [4.78, 5) is 3.72. The minimum Gasteiger partial charge on any atom is -0.265 e. The molecule has 1 aliphatic heterocycles. The first-order valence-corrected chi connectivity index (χ1v) is 8.26. The van der Waals surface area contributed by atoms with Crippen molar-refractivity contribution in [2.24, 2.45) is 0 Å². The maximum atomic E-state index is 13.8. The van der Waals surface area contributed by atoms with Crippen molar-refractivity contribution in [3.63, 3.8) is 0 Å². The van der Waals surface area contributed by atoms with Gasteiger partial charge in [-0.15, -0.1) is 0 Å². The van der Waals surface area contributed by atoms with E-state index in [0.29, 0.717) is 12.2 Å². The van der Waals surface area contributed by atoms with E-state index in [1.165, 1.54) is 16.6 Å². The van der Waals surface area contributed by atoms with Gasteiger partial charge in [0.15, 0.2) is 5.82 Å².